The van der Waals surface area contributed by atoms with Crippen molar-refractivity contribution in [1.29, 1.82) is 0 Å². The minimum Gasteiger partial charge on any atom is -0.469 e. The molecule has 5 nitrogen and oxygen atoms in total. The molecular formula is C19H26BrN3O2. The van der Waals surface area contributed by atoms with E-state index in [2.05, 4.69) is 43.7 Å². The Bertz CT molecular complexity index is 612. The van der Waals surface area contributed by atoms with Gasteiger partial charge in [-0.2, -0.15) is 0 Å². The lowest BCUT2D eigenvalue weighted by molar-refractivity contribution is 0.145. The Kier molecular flexibility index (Phi) is 9.15. The molecule has 1 aromatic carbocycles. The molecule has 0 amide bonds. The van der Waals surface area contributed by atoms with Gasteiger partial charge in [0.15, 0.2) is 5.96 Å². The molecule has 2 rings (SSSR count). The average Bonchev–Trinajstić information content (AvgIpc) is 3.13. The maximum Gasteiger partial charge on any atom is 0.191 e. The minimum atomic E-state index is 0.634. The number of halogens is 1. The Morgan fingerprint density at radius 1 is 1.16 bits per heavy atom. The molecule has 0 radical (unpaired) electrons. The largest absolute Gasteiger partial charge is 0.469 e. The van der Waals surface area contributed by atoms with Crippen LogP contribution >= 0.6 is 15.9 Å². The second-order valence-corrected chi connectivity index (χ2v) is 6.44. The van der Waals surface area contributed by atoms with Gasteiger partial charge < -0.3 is 19.8 Å². The molecule has 136 valence electrons. The van der Waals surface area contributed by atoms with E-state index < -0.39 is 0 Å². The van der Waals surface area contributed by atoms with E-state index >= 15 is 0 Å². The standard InChI is InChI=1S/C19H26BrN3O2/c1-2-24-13-4-11-21-19(22-12-10-18-5-3-14-25-18)23-15-16-6-8-17(20)9-7-16/h3,5-9,14H,2,4,10-13,15H2,1H3,(H2,21,22,23). The van der Waals surface area contributed by atoms with Crippen LogP contribution in [0.2, 0.25) is 0 Å². The van der Waals surface area contributed by atoms with E-state index in [1.807, 2.05) is 31.2 Å². The quantitative estimate of drug-likeness (QED) is 0.357. The number of aliphatic imine (C=N–C) groups is 1. The first-order valence-electron chi connectivity index (χ1n) is 8.64. The summed E-state index contributed by atoms with van der Waals surface area (Å²) >= 11 is 3.45. The third-order valence-corrected chi connectivity index (χ3v) is 4.07. The third-order valence-electron chi connectivity index (χ3n) is 3.54. The van der Waals surface area contributed by atoms with Crippen molar-refractivity contribution in [2.24, 2.45) is 4.99 Å². The summed E-state index contributed by atoms with van der Waals surface area (Å²) in [5.41, 5.74) is 1.17. The molecule has 0 aliphatic heterocycles. The molecule has 2 N–H and O–H groups in total. The predicted molar refractivity (Wildman–Crippen MR) is 105 cm³/mol. The normalized spacial score (nSPS) is 11.5. The first kappa shape index (κ1) is 19.5. The van der Waals surface area contributed by atoms with Crippen molar-refractivity contribution in [3.63, 3.8) is 0 Å². The van der Waals surface area contributed by atoms with Gasteiger partial charge in [0.2, 0.25) is 0 Å². The second-order valence-electron chi connectivity index (χ2n) is 5.52. The highest BCUT2D eigenvalue weighted by Gasteiger charge is 2.01. The second kappa shape index (κ2) is 11.7. The fraction of sp³-hybridized carbons (Fsp3) is 0.421. The topological polar surface area (TPSA) is 58.8 Å². The first-order chi connectivity index (χ1) is 12.3. The molecule has 2 aromatic rings. The number of furan rings is 1. The number of guanidine groups is 1. The third kappa shape index (κ3) is 8.23. The molecule has 0 atom stereocenters. The van der Waals surface area contributed by atoms with Crippen molar-refractivity contribution in [3.05, 3.63) is 58.5 Å². The van der Waals surface area contributed by atoms with Crippen LogP contribution in [0.4, 0.5) is 0 Å². The summed E-state index contributed by atoms with van der Waals surface area (Å²) in [6, 6.07) is 12.1. The number of nitrogens with zero attached hydrogens (tertiary/aromatic N) is 1. The lowest BCUT2D eigenvalue weighted by atomic mass is 10.2. The highest BCUT2D eigenvalue weighted by Crippen LogP contribution is 2.11. The molecule has 0 saturated heterocycles. The van der Waals surface area contributed by atoms with E-state index in [-0.39, 0.29) is 0 Å². The van der Waals surface area contributed by atoms with Crippen molar-refractivity contribution >= 4 is 21.9 Å². The lowest BCUT2D eigenvalue weighted by Crippen LogP contribution is -2.39. The molecule has 25 heavy (non-hydrogen) atoms. The number of hydrogen-bond donors (Lipinski definition) is 2. The maximum absolute atomic E-state index is 5.37. The van der Waals surface area contributed by atoms with E-state index in [1.54, 1.807) is 6.26 Å². The van der Waals surface area contributed by atoms with Gasteiger partial charge in [-0.3, -0.25) is 0 Å². The predicted octanol–water partition coefficient (Wildman–Crippen LogP) is 3.75. The molecule has 0 aliphatic rings. The number of hydrogen-bond acceptors (Lipinski definition) is 3. The molecular weight excluding hydrogens is 382 g/mol. The SMILES string of the molecule is CCOCCCNC(=NCc1ccc(Br)cc1)NCCc1ccco1. The van der Waals surface area contributed by atoms with Crippen molar-refractivity contribution in [3.8, 4) is 0 Å². The molecule has 0 bridgehead atoms. The smallest absolute Gasteiger partial charge is 0.191 e. The number of benzene rings is 1. The van der Waals surface area contributed by atoms with Crippen LogP contribution in [0.3, 0.4) is 0 Å². The van der Waals surface area contributed by atoms with Crippen LogP contribution in [0.15, 0.2) is 56.5 Å². The van der Waals surface area contributed by atoms with Crippen LogP contribution in [-0.4, -0.2) is 32.3 Å². The molecule has 0 spiro atoms. The summed E-state index contributed by atoms with van der Waals surface area (Å²) in [6.45, 7) is 5.75. The number of nitrogens with one attached hydrogen (secondary N) is 2. The zero-order chi connectivity index (χ0) is 17.7. The van der Waals surface area contributed by atoms with Gasteiger partial charge in [-0.1, -0.05) is 28.1 Å². The van der Waals surface area contributed by atoms with Crippen LogP contribution in [0.5, 0.6) is 0 Å². The zero-order valence-electron chi connectivity index (χ0n) is 14.6. The maximum atomic E-state index is 5.37. The van der Waals surface area contributed by atoms with Crippen LogP contribution in [0.1, 0.15) is 24.7 Å². The zero-order valence-corrected chi connectivity index (χ0v) is 16.2. The van der Waals surface area contributed by atoms with Crippen molar-refractivity contribution in [2.75, 3.05) is 26.3 Å². The van der Waals surface area contributed by atoms with Gasteiger partial charge in [-0.05, 0) is 43.2 Å². The van der Waals surface area contributed by atoms with Crippen molar-refractivity contribution in [1.82, 2.24) is 10.6 Å². The van der Waals surface area contributed by atoms with Crippen molar-refractivity contribution < 1.29 is 9.15 Å². The molecule has 6 heteroatoms. The van der Waals surface area contributed by atoms with E-state index in [0.29, 0.717) is 6.54 Å². The van der Waals surface area contributed by atoms with Crippen LogP contribution in [0.25, 0.3) is 0 Å². The minimum absolute atomic E-state index is 0.634. The van der Waals surface area contributed by atoms with Gasteiger partial charge in [-0.25, -0.2) is 4.99 Å². The molecule has 0 saturated carbocycles. The molecule has 0 aliphatic carbocycles. The number of rotatable bonds is 10. The summed E-state index contributed by atoms with van der Waals surface area (Å²) in [6.07, 6.45) is 3.47. The Hall–Kier alpha value is -1.79. The summed E-state index contributed by atoms with van der Waals surface area (Å²) in [7, 11) is 0. The summed E-state index contributed by atoms with van der Waals surface area (Å²) < 4.78 is 11.8. The van der Waals surface area contributed by atoms with Gasteiger partial charge in [-0.15, -0.1) is 0 Å². The fourth-order valence-corrected chi connectivity index (χ4v) is 2.48. The van der Waals surface area contributed by atoms with Gasteiger partial charge in [0.05, 0.1) is 12.8 Å². The monoisotopic (exact) mass is 407 g/mol. The Balaban J connectivity index is 1.83. The Labute approximate surface area is 158 Å². The Morgan fingerprint density at radius 2 is 1.96 bits per heavy atom. The first-order valence-corrected chi connectivity index (χ1v) is 9.44. The lowest BCUT2D eigenvalue weighted by Gasteiger charge is -2.12. The molecule has 0 fully saturated rings. The van der Waals surface area contributed by atoms with Crippen LogP contribution in [-0.2, 0) is 17.7 Å². The van der Waals surface area contributed by atoms with Crippen LogP contribution in [0, 0.1) is 0 Å². The summed E-state index contributed by atoms with van der Waals surface area (Å²) in [4.78, 5) is 4.67. The number of ether oxygens (including phenoxy) is 1. The van der Waals surface area contributed by atoms with E-state index in [4.69, 9.17) is 9.15 Å². The highest BCUT2D eigenvalue weighted by molar-refractivity contribution is 9.10. The highest BCUT2D eigenvalue weighted by atomic mass is 79.9. The van der Waals surface area contributed by atoms with Crippen LogP contribution < -0.4 is 10.6 Å². The van der Waals surface area contributed by atoms with Gasteiger partial charge in [0.25, 0.3) is 0 Å². The van der Waals surface area contributed by atoms with E-state index in [1.165, 1.54) is 5.56 Å². The van der Waals surface area contributed by atoms with Gasteiger partial charge in [0.1, 0.15) is 5.76 Å². The van der Waals surface area contributed by atoms with E-state index in [0.717, 1.165) is 55.3 Å². The van der Waals surface area contributed by atoms with Gasteiger partial charge in [0, 0.05) is 37.2 Å². The summed E-state index contributed by atoms with van der Waals surface area (Å²) in [5.74, 6) is 1.78. The fourth-order valence-electron chi connectivity index (χ4n) is 2.22. The molecule has 1 heterocycles. The summed E-state index contributed by atoms with van der Waals surface area (Å²) in [5, 5.41) is 6.72. The van der Waals surface area contributed by atoms with Gasteiger partial charge >= 0.3 is 0 Å². The van der Waals surface area contributed by atoms with E-state index in [9.17, 15) is 0 Å². The average molecular weight is 408 g/mol. The van der Waals surface area contributed by atoms with Crippen molar-refractivity contribution in [2.45, 2.75) is 26.3 Å². The molecule has 1 aromatic heterocycles. The Morgan fingerprint density at radius 3 is 2.68 bits per heavy atom. The molecule has 0 unspecified atom stereocenters.